The van der Waals surface area contributed by atoms with Gasteiger partial charge in [-0.15, -0.1) is 11.8 Å². The summed E-state index contributed by atoms with van der Waals surface area (Å²) in [6.45, 7) is 5.85. The number of rotatable bonds is 8. The van der Waals surface area contributed by atoms with Gasteiger partial charge in [-0.25, -0.2) is 0 Å². The van der Waals surface area contributed by atoms with Crippen LogP contribution in [-0.4, -0.2) is 37.1 Å². The first-order valence-electron chi connectivity index (χ1n) is 10.7. The summed E-state index contributed by atoms with van der Waals surface area (Å²) in [4.78, 5) is 13.9. The number of hydrogen-bond donors (Lipinski definition) is 1. The van der Waals surface area contributed by atoms with Crippen molar-refractivity contribution >= 4 is 17.7 Å². The Morgan fingerprint density at radius 1 is 1.30 bits per heavy atom. The molecule has 2 aliphatic heterocycles. The largest absolute Gasteiger partial charge is 0.494 e. The van der Waals surface area contributed by atoms with Crippen LogP contribution < -0.4 is 14.8 Å². The third-order valence-electron chi connectivity index (χ3n) is 5.40. The Morgan fingerprint density at radius 3 is 2.97 bits per heavy atom. The van der Waals surface area contributed by atoms with Gasteiger partial charge in [0.05, 0.1) is 18.3 Å². The SMILES string of the molecule is CCOc1cc2c(cc1CNC(=O)c1ccccc1SC[C@@H]1CCCO1)O[C@H](C)C2. The van der Waals surface area contributed by atoms with Crippen LogP contribution in [0.3, 0.4) is 0 Å². The fraction of sp³-hybridized carbons (Fsp3) is 0.458. The second kappa shape index (κ2) is 9.75. The van der Waals surface area contributed by atoms with Gasteiger partial charge in [-0.3, -0.25) is 4.79 Å². The lowest BCUT2D eigenvalue weighted by Crippen LogP contribution is -2.24. The fourth-order valence-corrected chi connectivity index (χ4v) is 5.04. The lowest BCUT2D eigenvalue weighted by atomic mass is 10.1. The molecule has 0 radical (unpaired) electrons. The summed E-state index contributed by atoms with van der Waals surface area (Å²) in [5.74, 6) is 2.50. The standard InChI is InChI=1S/C24H29NO4S/c1-3-27-21-12-17-11-16(2)29-22(17)13-18(21)14-25-24(26)20-8-4-5-9-23(20)30-15-19-7-6-10-28-19/h4-5,8-9,12-13,16,19H,3,6-7,10-11,14-15H2,1-2H3,(H,25,26)/t16-,19+/m1/s1. The highest BCUT2D eigenvalue weighted by Gasteiger charge is 2.22. The highest BCUT2D eigenvalue weighted by Crippen LogP contribution is 2.35. The van der Waals surface area contributed by atoms with Crippen LogP contribution in [0.1, 0.15) is 48.2 Å². The van der Waals surface area contributed by atoms with Crippen molar-refractivity contribution in [2.45, 2.75) is 56.8 Å². The van der Waals surface area contributed by atoms with E-state index in [0.29, 0.717) is 18.7 Å². The predicted octanol–water partition coefficient (Wildman–Crippen LogP) is 4.61. The number of benzene rings is 2. The first kappa shape index (κ1) is 21.1. The van der Waals surface area contributed by atoms with Crippen molar-refractivity contribution in [2.24, 2.45) is 0 Å². The normalized spacial score (nSPS) is 19.9. The van der Waals surface area contributed by atoms with E-state index in [1.54, 1.807) is 11.8 Å². The quantitative estimate of drug-likeness (QED) is 0.624. The molecule has 2 aromatic rings. The van der Waals surface area contributed by atoms with Crippen LogP contribution in [-0.2, 0) is 17.7 Å². The molecule has 2 aromatic carbocycles. The van der Waals surface area contributed by atoms with Gasteiger partial charge >= 0.3 is 0 Å². The van der Waals surface area contributed by atoms with Gasteiger partial charge in [0, 0.05) is 41.3 Å². The summed E-state index contributed by atoms with van der Waals surface area (Å²) in [7, 11) is 0. The monoisotopic (exact) mass is 427 g/mol. The molecule has 0 saturated carbocycles. The van der Waals surface area contributed by atoms with E-state index in [0.717, 1.165) is 59.1 Å². The fourth-order valence-electron chi connectivity index (χ4n) is 3.92. The molecule has 6 heteroatoms. The lowest BCUT2D eigenvalue weighted by molar-refractivity contribution is 0.0947. The van der Waals surface area contributed by atoms with E-state index in [9.17, 15) is 4.79 Å². The first-order valence-corrected chi connectivity index (χ1v) is 11.7. The van der Waals surface area contributed by atoms with Crippen molar-refractivity contribution < 1.29 is 19.0 Å². The van der Waals surface area contributed by atoms with Crippen molar-refractivity contribution in [1.29, 1.82) is 0 Å². The molecular formula is C24H29NO4S. The van der Waals surface area contributed by atoms with E-state index in [1.165, 1.54) is 0 Å². The van der Waals surface area contributed by atoms with E-state index >= 15 is 0 Å². The zero-order valence-corrected chi connectivity index (χ0v) is 18.4. The van der Waals surface area contributed by atoms with E-state index in [2.05, 4.69) is 18.3 Å². The molecule has 0 aromatic heterocycles. The maximum atomic E-state index is 13.0. The minimum absolute atomic E-state index is 0.0809. The van der Waals surface area contributed by atoms with Gasteiger partial charge in [-0.05, 0) is 51.0 Å². The zero-order chi connectivity index (χ0) is 20.9. The van der Waals surface area contributed by atoms with E-state index in [-0.39, 0.29) is 18.1 Å². The van der Waals surface area contributed by atoms with Crippen LogP contribution in [0, 0.1) is 0 Å². The van der Waals surface area contributed by atoms with E-state index < -0.39 is 0 Å². The van der Waals surface area contributed by atoms with Gasteiger partial charge in [-0.1, -0.05) is 12.1 Å². The second-order valence-corrected chi connectivity index (χ2v) is 8.82. The van der Waals surface area contributed by atoms with Gasteiger partial charge in [0.25, 0.3) is 5.91 Å². The number of nitrogens with one attached hydrogen (secondary N) is 1. The van der Waals surface area contributed by atoms with Crippen LogP contribution in [0.4, 0.5) is 0 Å². The highest BCUT2D eigenvalue weighted by molar-refractivity contribution is 7.99. The van der Waals surface area contributed by atoms with Crippen molar-refractivity contribution in [1.82, 2.24) is 5.32 Å². The van der Waals surface area contributed by atoms with Crippen LogP contribution in [0.2, 0.25) is 0 Å². The molecule has 1 N–H and O–H groups in total. The number of amides is 1. The summed E-state index contributed by atoms with van der Waals surface area (Å²) in [6.07, 6.45) is 3.57. The molecule has 1 saturated heterocycles. The van der Waals surface area contributed by atoms with Crippen LogP contribution >= 0.6 is 11.8 Å². The minimum atomic E-state index is -0.0809. The van der Waals surface area contributed by atoms with Gasteiger partial charge in [-0.2, -0.15) is 0 Å². The average molecular weight is 428 g/mol. The average Bonchev–Trinajstić information content (AvgIpc) is 3.39. The third kappa shape index (κ3) is 4.93. The third-order valence-corrected chi connectivity index (χ3v) is 6.60. The summed E-state index contributed by atoms with van der Waals surface area (Å²) >= 11 is 1.69. The van der Waals surface area contributed by atoms with Crippen LogP contribution in [0.15, 0.2) is 41.3 Å². The molecule has 0 spiro atoms. The lowest BCUT2D eigenvalue weighted by Gasteiger charge is -2.15. The molecule has 2 atom stereocenters. The summed E-state index contributed by atoms with van der Waals surface area (Å²) in [5.41, 5.74) is 2.80. The molecule has 2 aliphatic rings. The maximum absolute atomic E-state index is 13.0. The maximum Gasteiger partial charge on any atom is 0.252 e. The Balaban J connectivity index is 1.44. The molecule has 0 unspecified atom stereocenters. The molecule has 2 heterocycles. The Kier molecular flexibility index (Phi) is 6.85. The Hall–Kier alpha value is -2.18. The van der Waals surface area contributed by atoms with Crippen molar-refractivity contribution in [3.05, 3.63) is 53.1 Å². The summed E-state index contributed by atoms with van der Waals surface area (Å²) in [6, 6.07) is 11.8. The van der Waals surface area contributed by atoms with Gasteiger partial charge in [0.1, 0.15) is 17.6 Å². The second-order valence-electron chi connectivity index (χ2n) is 7.76. The number of carbonyl (C=O) groups excluding carboxylic acids is 1. The zero-order valence-electron chi connectivity index (χ0n) is 17.6. The Bertz CT molecular complexity index is 895. The van der Waals surface area contributed by atoms with Crippen molar-refractivity contribution in [3.8, 4) is 11.5 Å². The molecule has 160 valence electrons. The van der Waals surface area contributed by atoms with Crippen molar-refractivity contribution in [2.75, 3.05) is 19.0 Å². The minimum Gasteiger partial charge on any atom is -0.494 e. The molecule has 0 bridgehead atoms. The molecule has 30 heavy (non-hydrogen) atoms. The molecule has 0 aliphatic carbocycles. The summed E-state index contributed by atoms with van der Waals surface area (Å²) < 4.78 is 17.4. The number of thioether (sulfide) groups is 1. The first-order chi connectivity index (χ1) is 14.6. The van der Waals surface area contributed by atoms with Crippen molar-refractivity contribution in [3.63, 3.8) is 0 Å². The van der Waals surface area contributed by atoms with Gasteiger partial charge in [0.15, 0.2) is 0 Å². The molecule has 1 amide bonds. The number of fused-ring (bicyclic) bond motifs is 1. The molecule has 1 fully saturated rings. The number of carbonyl (C=O) groups is 1. The van der Waals surface area contributed by atoms with Crippen LogP contribution in [0.5, 0.6) is 11.5 Å². The topological polar surface area (TPSA) is 56.8 Å². The Morgan fingerprint density at radius 2 is 2.17 bits per heavy atom. The predicted molar refractivity (Wildman–Crippen MR) is 119 cm³/mol. The Labute approximate surface area is 182 Å². The number of hydrogen-bond acceptors (Lipinski definition) is 5. The van der Waals surface area contributed by atoms with Gasteiger partial charge < -0.3 is 19.5 Å². The van der Waals surface area contributed by atoms with Gasteiger partial charge in [0.2, 0.25) is 0 Å². The van der Waals surface area contributed by atoms with Crippen LogP contribution in [0.25, 0.3) is 0 Å². The smallest absolute Gasteiger partial charge is 0.252 e. The highest BCUT2D eigenvalue weighted by atomic mass is 32.2. The molecule has 5 nitrogen and oxygen atoms in total. The number of ether oxygens (including phenoxy) is 3. The van der Waals surface area contributed by atoms with E-state index in [4.69, 9.17) is 14.2 Å². The summed E-state index contributed by atoms with van der Waals surface area (Å²) in [5, 5.41) is 3.07. The molecule has 4 rings (SSSR count). The molecular weight excluding hydrogens is 398 g/mol. The van der Waals surface area contributed by atoms with E-state index in [1.807, 2.05) is 37.3 Å².